The van der Waals surface area contributed by atoms with Crippen molar-refractivity contribution in [3.8, 4) is 0 Å². The molecule has 27 heavy (non-hydrogen) atoms. The molecule has 2 unspecified atom stereocenters. The van der Waals surface area contributed by atoms with Crippen molar-refractivity contribution in [2.45, 2.75) is 24.2 Å². The van der Waals surface area contributed by atoms with Crippen LogP contribution < -0.4 is 10.7 Å². The van der Waals surface area contributed by atoms with Crippen LogP contribution in [-0.4, -0.2) is 48.0 Å². The molecule has 1 saturated heterocycles. The van der Waals surface area contributed by atoms with Gasteiger partial charge in [0.05, 0.1) is 6.54 Å². The second kappa shape index (κ2) is 6.90. The monoisotopic (exact) mass is 383 g/mol. The van der Waals surface area contributed by atoms with Gasteiger partial charge in [0.2, 0.25) is 11.3 Å². The predicted octanol–water partition coefficient (Wildman–Crippen LogP) is 1.97. The quantitative estimate of drug-likeness (QED) is 0.474. The Bertz CT molecular complexity index is 842. The van der Waals surface area contributed by atoms with E-state index in [9.17, 15) is 22.8 Å². The second-order valence-corrected chi connectivity index (χ2v) is 6.48. The molecule has 2 atom stereocenters. The molecule has 1 aliphatic carbocycles. The first-order valence-corrected chi connectivity index (χ1v) is 8.14. The normalized spacial score (nSPS) is 28.5. The van der Waals surface area contributed by atoms with Crippen LogP contribution in [0.2, 0.25) is 0 Å². The molecule has 0 spiro atoms. The summed E-state index contributed by atoms with van der Waals surface area (Å²) in [7, 11) is 1.32. The molecule has 0 radical (unpaired) electrons. The van der Waals surface area contributed by atoms with E-state index in [4.69, 9.17) is 0 Å². The van der Waals surface area contributed by atoms with Crippen molar-refractivity contribution in [2.75, 3.05) is 13.6 Å². The first-order chi connectivity index (χ1) is 12.7. The van der Waals surface area contributed by atoms with Gasteiger partial charge in [0.1, 0.15) is 5.82 Å². The Hall–Kier alpha value is -2.52. The summed E-state index contributed by atoms with van der Waals surface area (Å²) < 4.78 is 56.5. The molecule has 1 fully saturated rings. The van der Waals surface area contributed by atoms with Gasteiger partial charge in [-0.25, -0.2) is 28.0 Å². The summed E-state index contributed by atoms with van der Waals surface area (Å²) in [4.78, 5) is 24.7. The number of halogens is 4. The number of hydrogen-bond donors (Lipinski definition) is 2. The van der Waals surface area contributed by atoms with Gasteiger partial charge >= 0.3 is 0 Å². The molecule has 2 N–H and O–H groups in total. The first kappa shape index (κ1) is 19.2. The highest BCUT2D eigenvalue weighted by Gasteiger charge is 2.59. The number of nitrogens with zero attached hydrogens (tertiary/aromatic N) is 1. The molecule has 0 aromatic heterocycles. The number of benzene rings is 1. The largest absolute Gasteiger partial charge is 0.318 e. The minimum atomic E-state index is -3.39. The molecule has 0 saturated carbocycles. The van der Waals surface area contributed by atoms with Gasteiger partial charge in [-0.1, -0.05) is 30.4 Å². The lowest BCUT2D eigenvalue weighted by Gasteiger charge is -2.34. The summed E-state index contributed by atoms with van der Waals surface area (Å²) in [5.74, 6) is -5.74. The van der Waals surface area contributed by atoms with Gasteiger partial charge < -0.3 is 5.32 Å². The number of alkyl halides is 3. The zero-order chi connectivity index (χ0) is 19.8. The number of ketones is 1. The lowest BCUT2D eigenvalue weighted by molar-refractivity contribution is -0.145. The van der Waals surface area contributed by atoms with Crippen molar-refractivity contribution in [3.63, 3.8) is 0 Å². The van der Waals surface area contributed by atoms with Crippen LogP contribution in [0.4, 0.5) is 17.6 Å². The van der Waals surface area contributed by atoms with Crippen molar-refractivity contribution in [1.82, 2.24) is 15.8 Å². The SMILES string of the molecule is CN1CC(=O)C(C(=O)NC2(F)CC=CC=C2c2cccc(F)c2)(C(F)F)N1. The van der Waals surface area contributed by atoms with Crippen molar-refractivity contribution in [1.29, 1.82) is 0 Å². The van der Waals surface area contributed by atoms with Gasteiger partial charge in [-0.2, -0.15) is 0 Å². The van der Waals surface area contributed by atoms with E-state index in [0.717, 1.165) is 11.1 Å². The molecular weight excluding hydrogens is 366 g/mol. The van der Waals surface area contributed by atoms with E-state index in [1.165, 1.54) is 43.5 Å². The maximum absolute atomic E-state index is 15.6. The van der Waals surface area contributed by atoms with Gasteiger partial charge in [0.25, 0.3) is 12.3 Å². The first-order valence-electron chi connectivity index (χ1n) is 8.14. The average molecular weight is 383 g/mol. The van der Waals surface area contributed by atoms with Gasteiger partial charge in [-0.3, -0.25) is 9.59 Å². The van der Waals surface area contributed by atoms with Crippen LogP contribution in [0.3, 0.4) is 0 Å². The topological polar surface area (TPSA) is 61.4 Å². The highest BCUT2D eigenvalue weighted by Crippen LogP contribution is 2.36. The number of carbonyl (C=O) groups excluding carboxylic acids is 2. The van der Waals surface area contributed by atoms with Crippen molar-refractivity contribution >= 4 is 17.3 Å². The summed E-state index contributed by atoms with van der Waals surface area (Å²) in [5, 5.41) is 2.99. The molecule has 1 aliphatic heterocycles. The number of nitrogens with one attached hydrogen (secondary N) is 2. The highest BCUT2D eigenvalue weighted by atomic mass is 19.3. The van der Waals surface area contributed by atoms with E-state index in [2.05, 4.69) is 5.43 Å². The lowest BCUT2D eigenvalue weighted by atomic mass is 9.88. The van der Waals surface area contributed by atoms with E-state index >= 15 is 4.39 Å². The van der Waals surface area contributed by atoms with Gasteiger partial charge in [0.15, 0.2) is 5.78 Å². The van der Waals surface area contributed by atoms with E-state index in [1.54, 1.807) is 0 Å². The standard InChI is InChI=1S/C18H17F4N3O2/c1-25-10-14(26)18(24-25,15(20)21)16(27)23-17(22)8-3-2-7-13(17)11-5-4-6-12(19)9-11/h2-7,9,15,24H,8,10H2,1H3,(H,23,27). The Morgan fingerprint density at radius 2 is 2.11 bits per heavy atom. The minimum Gasteiger partial charge on any atom is -0.318 e. The minimum absolute atomic E-state index is 0.0962. The van der Waals surface area contributed by atoms with Crippen LogP contribution in [0, 0.1) is 5.82 Å². The Morgan fingerprint density at radius 3 is 2.70 bits per heavy atom. The van der Waals surface area contributed by atoms with Gasteiger partial charge in [-0.05, 0) is 17.7 Å². The molecule has 1 amide bonds. The molecule has 1 aromatic rings. The molecule has 144 valence electrons. The van der Waals surface area contributed by atoms with E-state index in [1.807, 2.05) is 5.32 Å². The van der Waals surface area contributed by atoms with Gasteiger partial charge in [0, 0.05) is 19.0 Å². The zero-order valence-electron chi connectivity index (χ0n) is 14.3. The number of Topliss-reactive ketones (excluding diaryl/α,β-unsaturated/α-hetero) is 1. The van der Waals surface area contributed by atoms with Crippen molar-refractivity contribution in [3.05, 3.63) is 53.9 Å². The van der Waals surface area contributed by atoms with Crippen LogP contribution in [0.15, 0.2) is 42.5 Å². The number of carbonyl (C=O) groups is 2. The summed E-state index contributed by atoms with van der Waals surface area (Å²) >= 11 is 0. The summed E-state index contributed by atoms with van der Waals surface area (Å²) in [5.41, 5.74) is -0.676. The number of amides is 1. The van der Waals surface area contributed by atoms with E-state index < -0.39 is 41.8 Å². The molecule has 2 aliphatic rings. The molecule has 1 heterocycles. The molecule has 5 nitrogen and oxygen atoms in total. The van der Waals surface area contributed by atoms with Crippen LogP contribution >= 0.6 is 0 Å². The third kappa shape index (κ3) is 3.28. The van der Waals surface area contributed by atoms with E-state index in [-0.39, 0.29) is 17.6 Å². The fourth-order valence-electron chi connectivity index (χ4n) is 3.20. The number of rotatable bonds is 4. The highest BCUT2D eigenvalue weighted by molar-refractivity contribution is 6.13. The van der Waals surface area contributed by atoms with E-state index in [0.29, 0.717) is 0 Å². The lowest BCUT2D eigenvalue weighted by Crippen LogP contribution is -2.66. The average Bonchev–Trinajstić information content (AvgIpc) is 2.90. The number of allylic oxidation sites excluding steroid dienone is 2. The maximum Gasteiger partial charge on any atom is 0.273 e. The van der Waals surface area contributed by atoms with Crippen LogP contribution in [-0.2, 0) is 9.59 Å². The van der Waals surface area contributed by atoms with Gasteiger partial charge in [-0.15, -0.1) is 0 Å². The fourth-order valence-corrected chi connectivity index (χ4v) is 3.20. The van der Waals surface area contributed by atoms with Crippen molar-refractivity contribution < 1.29 is 27.2 Å². The molecular formula is C18H17F4N3O2. The Morgan fingerprint density at radius 1 is 1.37 bits per heavy atom. The maximum atomic E-state index is 15.6. The van der Waals surface area contributed by atoms with Crippen LogP contribution in [0.1, 0.15) is 12.0 Å². The summed E-state index contributed by atoms with van der Waals surface area (Å²) in [6.07, 6.45) is 0.487. The molecule has 0 bridgehead atoms. The Labute approximate surface area is 152 Å². The third-order valence-corrected chi connectivity index (χ3v) is 4.55. The van der Waals surface area contributed by atoms with Crippen LogP contribution in [0.25, 0.3) is 5.57 Å². The van der Waals surface area contributed by atoms with Crippen molar-refractivity contribution in [2.24, 2.45) is 0 Å². The zero-order valence-corrected chi connectivity index (χ0v) is 14.3. The molecule has 9 heteroatoms. The molecule has 1 aromatic carbocycles. The number of likely N-dealkylation sites (N-methyl/N-ethyl adjacent to an activating group) is 1. The Kier molecular flexibility index (Phi) is 4.92. The number of hydrazine groups is 1. The summed E-state index contributed by atoms with van der Waals surface area (Å²) in [6.45, 7) is -0.427. The number of hydrogen-bond acceptors (Lipinski definition) is 4. The smallest absolute Gasteiger partial charge is 0.273 e. The predicted molar refractivity (Wildman–Crippen MR) is 89.6 cm³/mol. The fraction of sp³-hybridized carbons (Fsp3) is 0.333. The Balaban J connectivity index is 1.95. The van der Waals surface area contributed by atoms with Crippen LogP contribution in [0.5, 0.6) is 0 Å². The molecule has 3 rings (SSSR count). The second-order valence-electron chi connectivity index (χ2n) is 6.48. The summed E-state index contributed by atoms with van der Waals surface area (Å²) in [6, 6.07) is 5.04. The third-order valence-electron chi connectivity index (χ3n) is 4.55.